The number of halogens is 2. The normalized spacial score (nSPS) is 10.9. The fourth-order valence-electron chi connectivity index (χ4n) is 3.29. The highest BCUT2D eigenvalue weighted by atomic mass is 35.5. The van der Waals surface area contributed by atoms with Gasteiger partial charge in [-0.05, 0) is 75.9 Å². The lowest BCUT2D eigenvalue weighted by molar-refractivity contribution is 0.0955. The Labute approximate surface area is 201 Å². The highest BCUT2D eigenvalue weighted by Gasteiger charge is 2.20. The molecule has 2 amide bonds. The van der Waals surface area contributed by atoms with E-state index in [-0.39, 0.29) is 34.2 Å². The van der Waals surface area contributed by atoms with Crippen LogP contribution >= 0.6 is 11.6 Å². The smallest absolute Gasteiger partial charge is 0.274 e. The number of anilines is 2. The van der Waals surface area contributed by atoms with Gasteiger partial charge in [-0.1, -0.05) is 11.6 Å². The van der Waals surface area contributed by atoms with Gasteiger partial charge < -0.3 is 20.5 Å². The molecule has 2 aromatic carbocycles. The van der Waals surface area contributed by atoms with Crippen molar-refractivity contribution in [2.24, 2.45) is 0 Å². The van der Waals surface area contributed by atoms with Crippen molar-refractivity contribution in [3.05, 3.63) is 76.1 Å². The molecule has 0 spiro atoms. The number of hydrogen-bond acceptors (Lipinski definition) is 5. The summed E-state index contributed by atoms with van der Waals surface area (Å²) in [4.78, 5) is 46.5. The summed E-state index contributed by atoms with van der Waals surface area (Å²) in [6, 6.07) is 8.44. The molecule has 0 aliphatic rings. The number of amides is 2. The number of nitrogens with zero attached hydrogens (tertiary/aromatic N) is 2. The van der Waals surface area contributed by atoms with Crippen LogP contribution in [0, 0.1) is 12.7 Å². The first-order chi connectivity index (χ1) is 16.2. The fraction of sp³-hybridized carbons (Fsp3) is 0.250. The molecular formula is C24H25ClFN5O3. The van der Waals surface area contributed by atoms with Crippen molar-refractivity contribution in [1.29, 1.82) is 0 Å². The van der Waals surface area contributed by atoms with Crippen molar-refractivity contribution in [2.45, 2.75) is 19.8 Å². The Morgan fingerprint density at radius 3 is 2.53 bits per heavy atom. The number of ketones is 1. The molecule has 0 saturated carbocycles. The molecule has 0 bridgehead atoms. The van der Waals surface area contributed by atoms with E-state index in [0.717, 1.165) is 18.7 Å². The van der Waals surface area contributed by atoms with Crippen LogP contribution in [0.3, 0.4) is 0 Å². The highest BCUT2D eigenvalue weighted by molar-refractivity contribution is 6.34. The molecule has 8 nitrogen and oxygen atoms in total. The first-order valence-electron chi connectivity index (χ1n) is 10.6. The van der Waals surface area contributed by atoms with Crippen molar-refractivity contribution in [1.82, 2.24) is 14.9 Å². The lowest BCUT2D eigenvalue weighted by Gasteiger charge is -2.12. The van der Waals surface area contributed by atoms with Gasteiger partial charge in [0, 0.05) is 17.8 Å². The largest absolute Gasteiger partial charge is 0.340 e. The molecule has 0 radical (unpaired) electrons. The van der Waals surface area contributed by atoms with Gasteiger partial charge in [-0.2, -0.15) is 0 Å². The van der Waals surface area contributed by atoms with Crippen LogP contribution in [0.4, 0.5) is 15.8 Å². The predicted octanol–water partition coefficient (Wildman–Crippen LogP) is 4.54. The van der Waals surface area contributed by atoms with Gasteiger partial charge in [0.2, 0.25) is 0 Å². The third-order valence-electron chi connectivity index (χ3n) is 5.05. The minimum Gasteiger partial charge on any atom is -0.340 e. The number of imidazole rings is 1. The first-order valence-corrected chi connectivity index (χ1v) is 10.9. The summed E-state index contributed by atoms with van der Waals surface area (Å²) in [5.41, 5.74) is 1.99. The Balaban J connectivity index is 1.67. The Bertz CT molecular complexity index is 1230. The Hall–Kier alpha value is -3.56. The summed E-state index contributed by atoms with van der Waals surface area (Å²) < 4.78 is 13.2. The molecule has 178 valence electrons. The van der Waals surface area contributed by atoms with Crippen molar-refractivity contribution in [3.8, 4) is 0 Å². The van der Waals surface area contributed by atoms with Crippen molar-refractivity contribution < 1.29 is 18.8 Å². The van der Waals surface area contributed by atoms with Gasteiger partial charge in [0.25, 0.3) is 11.8 Å². The predicted molar refractivity (Wildman–Crippen MR) is 129 cm³/mol. The van der Waals surface area contributed by atoms with Crippen LogP contribution in [0.5, 0.6) is 0 Å². The van der Waals surface area contributed by atoms with Crippen molar-refractivity contribution >= 4 is 40.6 Å². The molecule has 1 aromatic heterocycles. The average molecular weight is 486 g/mol. The maximum absolute atomic E-state index is 13.2. The van der Waals surface area contributed by atoms with Crippen LogP contribution in [0.25, 0.3) is 0 Å². The second-order valence-corrected chi connectivity index (χ2v) is 8.43. The zero-order valence-electron chi connectivity index (χ0n) is 19.0. The molecule has 0 aliphatic carbocycles. The summed E-state index contributed by atoms with van der Waals surface area (Å²) >= 11 is 5.96. The van der Waals surface area contributed by atoms with Gasteiger partial charge in [-0.3, -0.25) is 14.4 Å². The molecular weight excluding hydrogens is 461 g/mol. The summed E-state index contributed by atoms with van der Waals surface area (Å²) in [7, 11) is 3.85. The van der Waals surface area contributed by atoms with Crippen LogP contribution in [-0.4, -0.2) is 53.1 Å². The van der Waals surface area contributed by atoms with E-state index in [2.05, 4.69) is 20.6 Å². The zero-order valence-corrected chi connectivity index (χ0v) is 19.8. The second-order valence-electron chi connectivity index (χ2n) is 8.02. The lowest BCUT2D eigenvalue weighted by atomic mass is 10.1. The summed E-state index contributed by atoms with van der Waals surface area (Å²) in [5, 5.41) is 5.46. The van der Waals surface area contributed by atoms with Gasteiger partial charge >= 0.3 is 0 Å². The monoisotopic (exact) mass is 485 g/mol. The number of carbonyl (C=O) groups is 3. The molecule has 3 N–H and O–H groups in total. The average Bonchev–Trinajstić information content (AvgIpc) is 3.25. The van der Waals surface area contributed by atoms with E-state index < -0.39 is 17.6 Å². The number of rotatable bonds is 9. The van der Waals surface area contributed by atoms with Crippen LogP contribution in [0.15, 0.2) is 42.7 Å². The SMILES string of the molecule is Cc1cc(NC(=O)c2[nH]cnc2C(=O)CCCN(C)C)ccc1NC(=O)c1ccc(F)cc1Cl. The molecule has 3 rings (SSSR count). The molecule has 34 heavy (non-hydrogen) atoms. The number of hydrogen-bond donors (Lipinski definition) is 3. The van der Waals surface area contributed by atoms with Gasteiger partial charge in [-0.15, -0.1) is 0 Å². The van der Waals surface area contributed by atoms with Gasteiger partial charge in [0.1, 0.15) is 17.2 Å². The molecule has 1 heterocycles. The fourth-order valence-corrected chi connectivity index (χ4v) is 3.54. The highest BCUT2D eigenvalue weighted by Crippen LogP contribution is 2.23. The molecule has 10 heteroatoms. The number of aromatic amines is 1. The summed E-state index contributed by atoms with van der Waals surface area (Å²) in [6.07, 6.45) is 2.27. The number of Topliss-reactive ketones (excluding diaryl/α,β-unsaturated/α-hetero) is 1. The van der Waals surface area contributed by atoms with Gasteiger partial charge in [0.15, 0.2) is 5.78 Å². The van der Waals surface area contributed by atoms with E-state index in [1.807, 2.05) is 19.0 Å². The van der Waals surface area contributed by atoms with Crippen LogP contribution in [0.2, 0.25) is 5.02 Å². The summed E-state index contributed by atoms with van der Waals surface area (Å²) in [5.74, 6) is -1.72. The minimum atomic E-state index is -0.534. The number of aromatic nitrogens is 2. The number of H-pyrrole nitrogens is 1. The number of nitrogens with one attached hydrogen (secondary N) is 3. The minimum absolute atomic E-state index is 0.00524. The van der Waals surface area contributed by atoms with Crippen LogP contribution in [0.1, 0.15) is 49.7 Å². The Kier molecular flexibility index (Phi) is 8.14. The Morgan fingerprint density at radius 1 is 1.09 bits per heavy atom. The maximum Gasteiger partial charge on any atom is 0.274 e. The van der Waals surface area contributed by atoms with Gasteiger partial charge in [0.05, 0.1) is 16.9 Å². The molecule has 0 fully saturated rings. The quantitative estimate of drug-likeness (QED) is 0.386. The number of benzene rings is 2. The zero-order chi connectivity index (χ0) is 24.8. The number of aryl methyl sites for hydroxylation is 1. The topological polar surface area (TPSA) is 107 Å². The van der Waals surface area contributed by atoms with E-state index in [1.54, 1.807) is 25.1 Å². The van der Waals surface area contributed by atoms with Crippen LogP contribution < -0.4 is 10.6 Å². The van der Waals surface area contributed by atoms with Gasteiger partial charge in [-0.25, -0.2) is 9.37 Å². The third kappa shape index (κ3) is 6.27. The lowest BCUT2D eigenvalue weighted by Crippen LogP contribution is -2.18. The molecule has 0 atom stereocenters. The number of carbonyl (C=O) groups excluding carboxylic acids is 3. The molecule has 0 unspecified atom stereocenters. The Morgan fingerprint density at radius 2 is 1.85 bits per heavy atom. The van der Waals surface area contributed by atoms with E-state index >= 15 is 0 Å². The van der Waals surface area contributed by atoms with Crippen LogP contribution in [-0.2, 0) is 0 Å². The summed E-state index contributed by atoms with van der Waals surface area (Å²) in [6.45, 7) is 2.51. The standard InChI is InChI=1S/C24H25ClFN5O3/c1-14-11-16(7-9-19(14)30-23(33)17-8-6-15(26)12-18(17)25)29-24(34)22-21(27-13-28-22)20(32)5-4-10-31(2)3/h6-9,11-13H,4-5,10H2,1-3H3,(H,27,28)(H,29,34)(H,30,33). The first kappa shape index (κ1) is 25.1. The molecule has 0 aliphatic heterocycles. The molecule has 3 aromatic rings. The molecule has 0 saturated heterocycles. The van der Waals surface area contributed by atoms with E-state index in [9.17, 15) is 18.8 Å². The maximum atomic E-state index is 13.2. The van der Waals surface area contributed by atoms with Crippen molar-refractivity contribution in [2.75, 3.05) is 31.3 Å². The van der Waals surface area contributed by atoms with Crippen molar-refractivity contribution in [3.63, 3.8) is 0 Å². The van der Waals surface area contributed by atoms with E-state index in [4.69, 9.17) is 11.6 Å². The second kappa shape index (κ2) is 11.0. The van der Waals surface area contributed by atoms with E-state index in [0.29, 0.717) is 23.4 Å². The van der Waals surface area contributed by atoms with E-state index in [1.165, 1.54) is 12.4 Å². The third-order valence-corrected chi connectivity index (χ3v) is 5.36.